The van der Waals surface area contributed by atoms with Crippen LogP contribution in [0.2, 0.25) is 0 Å². The lowest BCUT2D eigenvalue weighted by Crippen LogP contribution is -2.55. The van der Waals surface area contributed by atoms with Gasteiger partial charge < -0.3 is 9.80 Å². The maximum atomic E-state index is 15.2. The third-order valence-electron chi connectivity index (χ3n) is 9.60. The van der Waals surface area contributed by atoms with Gasteiger partial charge in [-0.05, 0) is 61.2 Å². The first-order chi connectivity index (χ1) is 23.4. The molecule has 0 aliphatic carbocycles. The Kier molecular flexibility index (Phi) is 10.1. The van der Waals surface area contributed by atoms with E-state index >= 15 is 4.79 Å². The second-order valence-electron chi connectivity index (χ2n) is 12.9. The van der Waals surface area contributed by atoms with Crippen molar-refractivity contribution in [1.29, 1.82) is 0 Å². The van der Waals surface area contributed by atoms with Gasteiger partial charge in [-0.1, -0.05) is 111 Å². The summed E-state index contributed by atoms with van der Waals surface area (Å²) in [5.74, 6) is -1.19. The lowest BCUT2D eigenvalue weighted by atomic mass is 9.88. The largest absolute Gasteiger partial charge is 0.309 e. The topological polar surface area (TPSA) is 78.0 Å². The highest BCUT2D eigenvalue weighted by atomic mass is 16.2. The first-order valence-electron chi connectivity index (χ1n) is 17.2. The van der Waals surface area contributed by atoms with E-state index in [4.69, 9.17) is 0 Å². The maximum absolute atomic E-state index is 15.2. The third kappa shape index (κ3) is 6.55. The van der Waals surface area contributed by atoms with Gasteiger partial charge in [0, 0.05) is 30.3 Å². The molecule has 6 rings (SSSR count). The van der Waals surface area contributed by atoms with Crippen molar-refractivity contribution < 1.29 is 19.2 Å². The van der Waals surface area contributed by atoms with Crippen LogP contribution in [0.25, 0.3) is 0 Å². The van der Waals surface area contributed by atoms with E-state index in [9.17, 15) is 14.4 Å². The van der Waals surface area contributed by atoms with Gasteiger partial charge in [0.1, 0.15) is 6.04 Å². The molecular formula is C41H43N3O4. The van der Waals surface area contributed by atoms with Crippen molar-refractivity contribution in [2.24, 2.45) is 0 Å². The zero-order valence-electron chi connectivity index (χ0n) is 27.8. The van der Waals surface area contributed by atoms with Gasteiger partial charge in [0.2, 0.25) is 5.91 Å². The van der Waals surface area contributed by atoms with Crippen molar-refractivity contribution in [2.75, 3.05) is 9.80 Å². The van der Waals surface area contributed by atoms with Gasteiger partial charge in [-0.2, -0.15) is 0 Å². The Bertz CT molecular complexity index is 1740. The zero-order valence-corrected chi connectivity index (χ0v) is 27.8. The van der Waals surface area contributed by atoms with Gasteiger partial charge in [0.15, 0.2) is 0 Å². The molecule has 7 nitrogen and oxygen atoms in total. The van der Waals surface area contributed by atoms with Crippen LogP contribution in [-0.2, 0) is 16.0 Å². The van der Waals surface area contributed by atoms with Gasteiger partial charge in [-0.3, -0.25) is 24.1 Å². The van der Waals surface area contributed by atoms with Crippen molar-refractivity contribution in [3.8, 4) is 0 Å². The molecular weight excluding hydrogens is 598 g/mol. The van der Waals surface area contributed by atoms with E-state index in [0.717, 1.165) is 47.4 Å². The number of unbranched alkanes of at least 4 members (excludes halogenated alkanes) is 4. The van der Waals surface area contributed by atoms with Crippen LogP contribution in [0.5, 0.6) is 0 Å². The van der Waals surface area contributed by atoms with E-state index in [-0.39, 0.29) is 24.3 Å². The Hall–Kier alpha value is -5.04. The molecule has 48 heavy (non-hydrogen) atoms. The van der Waals surface area contributed by atoms with E-state index < -0.39 is 23.9 Å². The van der Waals surface area contributed by atoms with Crippen LogP contribution in [0.15, 0.2) is 109 Å². The highest BCUT2D eigenvalue weighted by Crippen LogP contribution is 2.43. The number of benzene rings is 4. The van der Waals surface area contributed by atoms with Gasteiger partial charge >= 0.3 is 0 Å². The van der Waals surface area contributed by atoms with Crippen molar-refractivity contribution in [3.63, 3.8) is 0 Å². The number of imide groups is 1. The Morgan fingerprint density at radius 3 is 2.00 bits per heavy atom. The summed E-state index contributed by atoms with van der Waals surface area (Å²) in [6.45, 7) is 4.22. The van der Waals surface area contributed by atoms with Crippen LogP contribution in [0.3, 0.4) is 0 Å². The Labute approximate surface area is 283 Å². The van der Waals surface area contributed by atoms with Crippen molar-refractivity contribution in [1.82, 2.24) is 4.90 Å². The second-order valence-corrected chi connectivity index (χ2v) is 12.9. The van der Waals surface area contributed by atoms with Crippen molar-refractivity contribution in [2.45, 2.75) is 83.3 Å². The third-order valence-corrected chi connectivity index (χ3v) is 9.60. The number of anilines is 2. The highest BCUT2D eigenvalue weighted by molar-refractivity contribution is 6.23. The molecule has 0 bridgehead atoms. The lowest BCUT2D eigenvalue weighted by molar-refractivity contribution is -0.123. The molecule has 4 aromatic rings. The number of nitrogens with zero attached hydrogens (tertiary/aromatic N) is 3. The van der Waals surface area contributed by atoms with E-state index in [1.54, 1.807) is 29.2 Å². The van der Waals surface area contributed by atoms with E-state index in [2.05, 4.69) is 6.92 Å². The molecule has 0 saturated heterocycles. The van der Waals surface area contributed by atoms with Crippen LogP contribution >= 0.6 is 0 Å². The normalized spacial score (nSPS) is 17.5. The first kappa shape index (κ1) is 32.9. The van der Waals surface area contributed by atoms with Gasteiger partial charge in [0.25, 0.3) is 17.7 Å². The summed E-state index contributed by atoms with van der Waals surface area (Å²) in [7, 11) is 0. The van der Waals surface area contributed by atoms with E-state index in [0.29, 0.717) is 29.7 Å². The summed E-state index contributed by atoms with van der Waals surface area (Å²) in [6.07, 6.45) is 6.49. The Balaban J connectivity index is 1.40. The fourth-order valence-electron chi connectivity index (χ4n) is 7.23. The number of carbonyl (C=O) groups is 4. The molecule has 0 aromatic heterocycles. The molecule has 2 aliphatic rings. The summed E-state index contributed by atoms with van der Waals surface area (Å²) in [5.41, 5.74) is 3.79. The molecule has 7 heteroatoms. The molecule has 4 aromatic carbocycles. The number of para-hydroxylation sites is 2. The van der Waals surface area contributed by atoms with Crippen LogP contribution < -0.4 is 9.80 Å². The summed E-state index contributed by atoms with van der Waals surface area (Å²) in [4.78, 5) is 61.5. The molecule has 0 saturated carbocycles. The Morgan fingerprint density at radius 1 is 0.750 bits per heavy atom. The van der Waals surface area contributed by atoms with Crippen molar-refractivity contribution >= 4 is 35.0 Å². The average Bonchev–Trinajstić information content (AvgIpc) is 3.36. The number of carbonyl (C=O) groups excluding carboxylic acids is 4. The van der Waals surface area contributed by atoms with Gasteiger partial charge in [0.05, 0.1) is 17.2 Å². The lowest BCUT2D eigenvalue weighted by Gasteiger charge is -2.45. The van der Waals surface area contributed by atoms with Gasteiger partial charge in [-0.25, -0.2) is 0 Å². The summed E-state index contributed by atoms with van der Waals surface area (Å²) < 4.78 is 0. The molecule has 4 amide bonds. The summed E-state index contributed by atoms with van der Waals surface area (Å²) in [6, 6.07) is 31.8. The van der Waals surface area contributed by atoms with Crippen LogP contribution in [0.1, 0.15) is 96.7 Å². The molecule has 3 atom stereocenters. The van der Waals surface area contributed by atoms with Gasteiger partial charge in [-0.15, -0.1) is 0 Å². The minimum atomic E-state index is -1.09. The van der Waals surface area contributed by atoms with E-state index in [1.807, 2.05) is 96.8 Å². The smallest absolute Gasteiger partial charge is 0.262 e. The van der Waals surface area contributed by atoms with Crippen molar-refractivity contribution in [3.05, 3.63) is 131 Å². The van der Waals surface area contributed by atoms with E-state index in [1.165, 1.54) is 6.42 Å². The molecule has 2 heterocycles. The maximum Gasteiger partial charge on any atom is 0.262 e. The molecule has 2 aliphatic heterocycles. The molecule has 0 spiro atoms. The zero-order chi connectivity index (χ0) is 33.6. The molecule has 246 valence electrons. The fraction of sp³-hybridized carbons (Fsp3) is 0.317. The van der Waals surface area contributed by atoms with Crippen LogP contribution in [0.4, 0.5) is 11.4 Å². The van der Waals surface area contributed by atoms with Crippen LogP contribution in [-0.4, -0.2) is 40.6 Å². The minimum absolute atomic E-state index is 0.0930. The summed E-state index contributed by atoms with van der Waals surface area (Å²) >= 11 is 0. The standard InChI is InChI=1S/C41H43N3O4/c1-3-4-5-6-13-26-38(45)42-29(2)27-36(34-24-16-17-25-35(34)42)43(31-20-11-8-12-21-31)41(48)37(28-30-18-9-7-10-19-30)44-39(46)32-22-14-15-23-33(32)40(44)47/h7-12,14-25,29,36-37H,3-6,13,26-28H2,1-2H3/t29-,36+,37+/m1/s1. The first-order valence-corrected chi connectivity index (χ1v) is 17.2. The molecule has 0 fully saturated rings. The fourth-order valence-corrected chi connectivity index (χ4v) is 7.23. The predicted octanol–water partition coefficient (Wildman–Crippen LogP) is 8.15. The number of rotatable bonds is 12. The molecule has 0 unspecified atom stereocenters. The Morgan fingerprint density at radius 2 is 1.33 bits per heavy atom. The monoisotopic (exact) mass is 641 g/mol. The number of hydrogen-bond donors (Lipinski definition) is 0. The second kappa shape index (κ2) is 14.8. The number of fused-ring (bicyclic) bond motifs is 2. The molecule has 0 N–H and O–H groups in total. The number of hydrogen-bond acceptors (Lipinski definition) is 4. The number of amides is 4. The SMILES string of the molecule is CCCCCCCC(=O)N1c2ccccc2[C@@H](N(C(=O)[C@H](Cc2ccccc2)N2C(=O)c3ccccc3C2=O)c2ccccc2)C[C@H]1C. The quantitative estimate of drug-likeness (QED) is 0.116. The molecule has 0 radical (unpaired) electrons. The van der Waals surface area contributed by atoms with Crippen LogP contribution in [0, 0.1) is 0 Å². The highest BCUT2D eigenvalue weighted by Gasteiger charge is 2.46. The minimum Gasteiger partial charge on any atom is -0.309 e. The summed E-state index contributed by atoms with van der Waals surface area (Å²) in [5, 5.41) is 0. The average molecular weight is 642 g/mol. The predicted molar refractivity (Wildman–Crippen MR) is 189 cm³/mol.